The molecule has 0 aromatic rings. The minimum absolute atomic E-state index is 0.266. The van der Waals surface area contributed by atoms with E-state index in [1.165, 1.54) is 6.92 Å². The van der Waals surface area contributed by atoms with Crippen molar-refractivity contribution < 1.29 is 9.90 Å². The van der Waals surface area contributed by atoms with Crippen molar-refractivity contribution in [1.29, 1.82) is 0 Å². The molecule has 0 bridgehead atoms. The summed E-state index contributed by atoms with van der Waals surface area (Å²) in [6, 6.07) is 0. The fourth-order valence-electron chi connectivity index (χ4n) is 0.469. The molecular formula is C7H13NO2. The number of carbonyl (C=O) groups excluding carboxylic acids is 1. The Balaban J connectivity index is 3.46. The normalized spacial score (nSPS) is 15.8. The first-order valence-electron chi connectivity index (χ1n) is 3.13. The van der Waals surface area contributed by atoms with Crippen LogP contribution in [0.25, 0.3) is 0 Å². The summed E-state index contributed by atoms with van der Waals surface area (Å²) in [5.74, 6) is 0. The van der Waals surface area contributed by atoms with Crippen LogP contribution in [0.2, 0.25) is 0 Å². The third kappa shape index (κ3) is 4.23. The smallest absolute Gasteiger partial charge is 0.152 e. The van der Waals surface area contributed by atoms with Gasteiger partial charge in [-0.3, -0.25) is 0 Å². The minimum Gasteiger partial charge on any atom is -0.381 e. The summed E-state index contributed by atoms with van der Waals surface area (Å²) in [7, 11) is 0. The predicted octanol–water partition coefficient (Wildman–Crippen LogP) is -0.288. The van der Waals surface area contributed by atoms with Gasteiger partial charge in [-0.1, -0.05) is 6.08 Å². The summed E-state index contributed by atoms with van der Waals surface area (Å²) in [5.41, 5.74) is -1.25. The summed E-state index contributed by atoms with van der Waals surface area (Å²) in [6.07, 6.45) is 2.18. The molecule has 0 saturated carbocycles. The van der Waals surface area contributed by atoms with E-state index in [0.717, 1.165) is 0 Å². The predicted molar refractivity (Wildman–Crippen MR) is 39.8 cm³/mol. The Hall–Kier alpha value is -0.670. The first-order chi connectivity index (χ1) is 4.62. The summed E-state index contributed by atoms with van der Waals surface area (Å²) in [6.45, 7) is 5.80. The molecular weight excluding hydrogens is 130 g/mol. The lowest BCUT2D eigenvalue weighted by molar-refractivity contribution is -0.122. The molecule has 0 radical (unpaired) electrons. The summed E-state index contributed by atoms with van der Waals surface area (Å²) < 4.78 is 0. The number of hydrogen-bond donors (Lipinski definition) is 2. The first kappa shape index (κ1) is 9.33. The van der Waals surface area contributed by atoms with Crippen LogP contribution in [-0.4, -0.2) is 30.1 Å². The fraction of sp³-hybridized carbons (Fsp3) is 0.571. The highest BCUT2D eigenvalue weighted by molar-refractivity contribution is 5.61. The lowest BCUT2D eigenvalue weighted by Gasteiger charge is -2.14. The molecule has 1 atom stereocenters. The molecule has 0 aromatic carbocycles. The minimum atomic E-state index is -1.25. The quantitative estimate of drug-likeness (QED) is 0.316. The Bertz CT molecular complexity index is 121. The van der Waals surface area contributed by atoms with E-state index in [1.807, 2.05) is 0 Å². The van der Waals surface area contributed by atoms with Gasteiger partial charge in [-0.2, -0.15) is 0 Å². The molecule has 0 rings (SSSR count). The van der Waals surface area contributed by atoms with Crippen LogP contribution in [-0.2, 0) is 4.79 Å². The highest BCUT2D eigenvalue weighted by atomic mass is 16.3. The number of nitrogens with one attached hydrogen (secondary N) is 1. The molecule has 0 aliphatic heterocycles. The molecule has 0 aliphatic rings. The average molecular weight is 143 g/mol. The van der Waals surface area contributed by atoms with Gasteiger partial charge in [0.1, 0.15) is 5.60 Å². The van der Waals surface area contributed by atoms with Crippen LogP contribution in [0.15, 0.2) is 12.7 Å². The third-order valence-corrected chi connectivity index (χ3v) is 1.03. The van der Waals surface area contributed by atoms with Crippen LogP contribution in [0.1, 0.15) is 6.92 Å². The molecule has 0 saturated heterocycles. The van der Waals surface area contributed by atoms with Gasteiger partial charge < -0.3 is 15.2 Å². The van der Waals surface area contributed by atoms with Crippen LogP contribution in [0.5, 0.6) is 0 Å². The molecule has 0 amide bonds. The Kier molecular flexibility index (Phi) is 3.91. The first-order valence-corrected chi connectivity index (χ1v) is 3.13. The standard InChI is InChI=1S/C7H13NO2/c1-3-4-8-5-7(2,10)6-9/h3,6,8,10H,1,4-5H2,2H3/t7-/m0/s1. The topological polar surface area (TPSA) is 49.3 Å². The molecule has 0 aromatic heterocycles. The summed E-state index contributed by atoms with van der Waals surface area (Å²) >= 11 is 0. The van der Waals surface area contributed by atoms with Gasteiger partial charge in [-0.15, -0.1) is 6.58 Å². The molecule has 0 spiro atoms. The van der Waals surface area contributed by atoms with Crippen LogP contribution in [0.4, 0.5) is 0 Å². The number of carbonyl (C=O) groups is 1. The molecule has 0 fully saturated rings. The molecule has 10 heavy (non-hydrogen) atoms. The van der Waals surface area contributed by atoms with Crippen molar-refractivity contribution in [3.63, 3.8) is 0 Å². The molecule has 58 valence electrons. The Morgan fingerprint density at radius 1 is 1.80 bits per heavy atom. The highest BCUT2D eigenvalue weighted by Crippen LogP contribution is 1.93. The number of hydrogen-bond acceptors (Lipinski definition) is 3. The van der Waals surface area contributed by atoms with Gasteiger partial charge in [0.2, 0.25) is 0 Å². The van der Waals surface area contributed by atoms with Gasteiger partial charge >= 0.3 is 0 Å². The fourth-order valence-corrected chi connectivity index (χ4v) is 0.469. The van der Waals surface area contributed by atoms with E-state index in [0.29, 0.717) is 12.8 Å². The second kappa shape index (κ2) is 4.19. The van der Waals surface area contributed by atoms with E-state index in [1.54, 1.807) is 6.08 Å². The van der Waals surface area contributed by atoms with Gasteiger partial charge in [0.05, 0.1) is 0 Å². The van der Waals surface area contributed by atoms with Crippen LogP contribution in [0, 0.1) is 0 Å². The van der Waals surface area contributed by atoms with E-state index in [-0.39, 0.29) is 6.54 Å². The summed E-state index contributed by atoms with van der Waals surface area (Å²) in [5, 5.41) is 11.9. The van der Waals surface area contributed by atoms with Gasteiger partial charge in [0, 0.05) is 13.1 Å². The number of aldehydes is 1. The maximum atomic E-state index is 10.1. The Morgan fingerprint density at radius 3 is 2.80 bits per heavy atom. The van der Waals surface area contributed by atoms with Gasteiger partial charge in [0.25, 0.3) is 0 Å². The molecule has 0 heterocycles. The number of aliphatic hydroxyl groups is 1. The summed E-state index contributed by atoms with van der Waals surface area (Å²) in [4.78, 5) is 10.1. The van der Waals surface area contributed by atoms with E-state index in [4.69, 9.17) is 5.11 Å². The van der Waals surface area contributed by atoms with E-state index < -0.39 is 5.60 Å². The van der Waals surface area contributed by atoms with Crippen LogP contribution in [0.3, 0.4) is 0 Å². The zero-order chi connectivity index (χ0) is 8.04. The lowest BCUT2D eigenvalue weighted by atomic mass is 10.1. The lowest BCUT2D eigenvalue weighted by Crippen LogP contribution is -2.39. The zero-order valence-electron chi connectivity index (χ0n) is 6.13. The SMILES string of the molecule is C=CCNC[C@](C)(O)C=O. The molecule has 2 N–H and O–H groups in total. The molecule has 3 heteroatoms. The van der Waals surface area contributed by atoms with E-state index in [2.05, 4.69) is 11.9 Å². The second-order valence-corrected chi connectivity index (χ2v) is 2.39. The van der Waals surface area contributed by atoms with Crippen LogP contribution < -0.4 is 5.32 Å². The van der Waals surface area contributed by atoms with Crippen molar-refractivity contribution >= 4 is 6.29 Å². The third-order valence-electron chi connectivity index (χ3n) is 1.03. The van der Waals surface area contributed by atoms with Crippen molar-refractivity contribution in [2.24, 2.45) is 0 Å². The maximum absolute atomic E-state index is 10.1. The highest BCUT2D eigenvalue weighted by Gasteiger charge is 2.16. The van der Waals surface area contributed by atoms with Gasteiger partial charge in [-0.05, 0) is 6.92 Å². The molecule has 3 nitrogen and oxygen atoms in total. The van der Waals surface area contributed by atoms with Crippen molar-refractivity contribution in [2.75, 3.05) is 13.1 Å². The zero-order valence-corrected chi connectivity index (χ0v) is 6.13. The molecule has 0 unspecified atom stereocenters. The second-order valence-electron chi connectivity index (χ2n) is 2.39. The van der Waals surface area contributed by atoms with Crippen molar-refractivity contribution in [1.82, 2.24) is 5.32 Å². The largest absolute Gasteiger partial charge is 0.381 e. The monoisotopic (exact) mass is 143 g/mol. The van der Waals surface area contributed by atoms with E-state index in [9.17, 15) is 4.79 Å². The van der Waals surface area contributed by atoms with Crippen molar-refractivity contribution in [2.45, 2.75) is 12.5 Å². The van der Waals surface area contributed by atoms with Crippen LogP contribution >= 0.6 is 0 Å². The van der Waals surface area contributed by atoms with Crippen molar-refractivity contribution in [3.8, 4) is 0 Å². The maximum Gasteiger partial charge on any atom is 0.152 e. The van der Waals surface area contributed by atoms with Gasteiger partial charge in [-0.25, -0.2) is 0 Å². The Labute approximate surface area is 60.7 Å². The number of rotatable bonds is 5. The Morgan fingerprint density at radius 2 is 2.40 bits per heavy atom. The van der Waals surface area contributed by atoms with Gasteiger partial charge in [0.15, 0.2) is 6.29 Å². The molecule has 0 aliphatic carbocycles. The van der Waals surface area contributed by atoms with Crippen molar-refractivity contribution in [3.05, 3.63) is 12.7 Å². The van der Waals surface area contributed by atoms with E-state index >= 15 is 0 Å². The average Bonchev–Trinajstić information content (AvgIpc) is 1.89.